The van der Waals surface area contributed by atoms with Crippen LogP contribution in [0.25, 0.3) is 17.0 Å². The van der Waals surface area contributed by atoms with Crippen LogP contribution in [0.15, 0.2) is 53.6 Å². The molecule has 2 N–H and O–H groups in total. The minimum Gasteiger partial charge on any atom is -0.361 e. The minimum absolute atomic E-state index is 0.00642. The average Bonchev–Trinajstić information content (AvgIpc) is 3.24. The molecule has 0 unspecified atom stereocenters. The number of hydrogen-bond donors (Lipinski definition) is 2. The molecular formula is C22H17F2N3O3S. The highest BCUT2D eigenvalue weighted by Gasteiger charge is 2.34. The van der Waals surface area contributed by atoms with Crippen molar-refractivity contribution in [2.45, 2.75) is 6.42 Å². The lowest BCUT2D eigenvalue weighted by Crippen LogP contribution is -2.37. The van der Waals surface area contributed by atoms with Crippen molar-refractivity contribution < 1.29 is 23.2 Å². The third-order valence-electron chi connectivity index (χ3n) is 4.80. The van der Waals surface area contributed by atoms with Crippen LogP contribution in [0, 0.1) is 11.6 Å². The molecule has 0 spiro atoms. The Morgan fingerprint density at radius 1 is 1.16 bits per heavy atom. The first-order valence-corrected chi connectivity index (χ1v) is 10.3. The third kappa shape index (κ3) is 4.51. The van der Waals surface area contributed by atoms with Crippen LogP contribution in [0.3, 0.4) is 0 Å². The number of nitrogens with zero attached hydrogens (tertiary/aromatic N) is 1. The van der Waals surface area contributed by atoms with Crippen LogP contribution in [-0.4, -0.2) is 40.0 Å². The van der Waals surface area contributed by atoms with Crippen molar-refractivity contribution in [3.05, 3.63) is 76.3 Å². The van der Waals surface area contributed by atoms with Crippen molar-refractivity contribution in [1.82, 2.24) is 15.2 Å². The Hall–Kier alpha value is -3.46. The minimum atomic E-state index is -0.528. The van der Waals surface area contributed by atoms with Gasteiger partial charge in [-0.15, -0.1) is 0 Å². The topological polar surface area (TPSA) is 82.3 Å². The Morgan fingerprint density at radius 2 is 1.97 bits per heavy atom. The van der Waals surface area contributed by atoms with Gasteiger partial charge in [0.2, 0.25) is 5.91 Å². The number of hydrogen-bond acceptors (Lipinski definition) is 4. The molecule has 0 bridgehead atoms. The second-order valence-electron chi connectivity index (χ2n) is 6.89. The summed E-state index contributed by atoms with van der Waals surface area (Å²) in [7, 11) is 0. The van der Waals surface area contributed by atoms with Crippen molar-refractivity contribution in [3.63, 3.8) is 0 Å². The lowest BCUT2D eigenvalue weighted by Gasteiger charge is -2.13. The number of carbonyl (C=O) groups excluding carboxylic acids is 3. The quantitative estimate of drug-likeness (QED) is 0.570. The number of nitrogens with one attached hydrogen (secondary N) is 2. The van der Waals surface area contributed by atoms with Gasteiger partial charge in [-0.05, 0) is 47.7 Å². The summed E-state index contributed by atoms with van der Waals surface area (Å²) in [6.45, 7) is 0.0636. The smallest absolute Gasteiger partial charge is 0.293 e. The number of imide groups is 1. The molecule has 6 nitrogen and oxygen atoms in total. The largest absolute Gasteiger partial charge is 0.361 e. The van der Waals surface area contributed by atoms with E-state index >= 15 is 0 Å². The number of aromatic amines is 1. The molecule has 0 saturated carbocycles. The van der Waals surface area contributed by atoms with E-state index < -0.39 is 22.8 Å². The van der Waals surface area contributed by atoms with Gasteiger partial charge in [0.15, 0.2) is 0 Å². The summed E-state index contributed by atoms with van der Waals surface area (Å²) in [6.07, 6.45) is 3.02. The first-order valence-electron chi connectivity index (χ1n) is 9.44. The summed E-state index contributed by atoms with van der Waals surface area (Å²) in [5.41, 5.74) is 1.59. The van der Waals surface area contributed by atoms with Crippen molar-refractivity contribution in [1.29, 1.82) is 0 Å². The summed E-state index contributed by atoms with van der Waals surface area (Å²) in [5.74, 6) is -1.73. The molecule has 158 valence electrons. The van der Waals surface area contributed by atoms with Crippen LogP contribution < -0.4 is 5.32 Å². The zero-order chi connectivity index (χ0) is 22.0. The summed E-state index contributed by atoms with van der Waals surface area (Å²) in [6, 6.07) is 10.2. The Morgan fingerprint density at radius 3 is 2.77 bits per heavy atom. The fourth-order valence-electron chi connectivity index (χ4n) is 3.27. The zero-order valence-corrected chi connectivity index (χ0v) is 17.0. The molecule has 2 heterocycles. The highest BCUT2D eigenvalue weighted by atomic mass is 32.2. The van der Waals surface area contributed by atoms with E-state index in [4.69, 9.17) is 0 Å². The van der Waals surface area contributed by atoms with Gasteiger partial charge in [0.1, 0.15) is 11.6 Å². The highest BCUT2D eigenvalue weighted by molar-refractivity contribution is 8.18. The van der Waals surface area contributed by atoms with Gasteiger partial charge in [-0.3, -0.25) is 19.3 Å². The van der Waals surface area contributed by atoms with E-state index in [1.54, 1.807) is 18.3 Å². The zero-order valence-electron chi connectivity index (χ0n) is 16.2. The molecule has 0 radical (unpaired) electrons. The predicted molar refractivity (Wildman–Crippen MR) is 114 cm³/mol. The van der Waals surface area contributed by atoms with Crippen molar-refractivity contribution in [2.24, 2.45) is 0 Å². The molecule has 4 rings (SSSR count). The van der Waals surface area contributed by atoms with Crippen molar-refractivity contribution in [3.8, 4) is 0 Å². The molecule has 1 aromatic heterocycles. The standard InChI is InChI=1S/C22H17F2N3O3S/c23-15-5-6-18-16(11-15)14(12-26-18)10-20(28)25-7-8-27-21(29)19(31-22(27)30)9-13-3-1-2-4-17(13)24/h1-6,9,11-12,26H,7-8,10H2,(H,25,28)/b19-9+. The first-order chi connectivity index (χ1) is 14.9. The van der Waals surface area contributed by atoms with Gasteiger partial charge < -0.3 is 10.3 Å². The molecule has 3 aromatic rings. The number of fused-ring (bicyclic) bond motifs is 1. The molecule has 1 fully saturated rings. The molecule has 3 amide bonds. The van der Waals surface area contributed by atoms with E-state index in [1.807, 2.05) is 0 Å². The summed E-state index contributed by atoms with van der Waals surface area (Å²) < 4.78 is 27.3. The second-order valence-corrected chi connectivity index (χ2v) is 7.88. The SMILES string of the molecule is O=C(Cc1c[nH]c2ccc(F)cc12)NCCN1C(=O)S/C(=C/c2ccccc2F)C1=O. The lowest BCUT2D eigenvalue weighted by molar-refractivity contribution is -0.124. The van der Waals surface area contributed by atoms with Gasteiger partial charge in [0.25, 0.3) is 11.1 Å². The predicted octanol–water partition coefficient (Wildman–Crippen LogP) is 3.84. The number of aromatic nitrogens is 1. The van der Waals surface area contributed by atoms with Gasteiger partial charge in [0, 0.05) is 35.8 Å². The lowest BCUT2D eigenvalue weighted by atomic mass is 10.1. The van der Waals surface area contributed by atoms with E-state index in [0.717, 1.165) is 22.2 Å². The maximum atomic E-state index is 13.8. The van der Waals surface area contributed by atoms with Gasteiger partial charge >= 0.3 is 0 Å². The Kier molecular flexibility index (Phi) is 5.85. The fourth-order valence-corrected chi connectivity index (χ4v) is 4.12. The van der Waals surface area contributed by atoms with Crippen LogP contribution in [0.2, 0.25) is 0 Å². The van der Waals surface area contributed by atoms with Crippen LogP contribution in [0.4, 0.5) is 13.6 Å². The molecule has 2 aromatic carbocycles. The summed E-state index contributed by atoms with van der Waals surface area (Å²) in [5, 5.41) is 2.81. The highest BCUT2D eigenvalue weighted by Crippen LogP contribution is 2.32. The number of amides is 3. The van der Waals surface area contributed by atoms with Crippen LogP contribution in [-0.2, 0) is 16.0 Å². The molecule has 31 heavy (non-hydrogen) atoms. The van der Waals surface area contributed by atoms with E-state index in [9.17, 15) is 23.2 Å². The molecular weight excluding hydrogens is 424 g/mol. The molecule has 9 heteroatoms. The maximum Gasteiger partial charge on any atom is 0.293 e. The van der Waals surface area contributed by atoms with Crippen LogP contribution in [0.5, 0.6) is 0 Å². The van der Waals surface area contributed by atoms with E-state index in [0.29, 0.717) is 10.9 Å². The van der Waals surface area contributed by atoms with Gasteiger partial charge in [0.05, 0.1) is 11.3 Å². The summed E-state index contributed by atoms with van der Waals surface area (Å²) in [4.78, 5) is 41.0. The van der Waals surface area contributed by atoms with Crippen molar-refractivity contribution >= 4 is 45.8 Å². The van der Waals surface area contributed by atoms with E-state index in [1.165, 1.54) is 36.4 Å². The number of halogens is 2. The molecule has 1 aliphatic rings. The van der Waals surface area contributed by atoms with Gasteiger partial charge in [-0.25, -0.2) is 8.78 Å². The average molecular weight is 441 g/mol. The molecule has 0 aliphatic carbocycles. The first kappa shape index (κ1) is 20.8. The Bertz CT molecular complexity index is 1220. The van der Waals surface area contributed by atoms with E-state index in [2.05, 4.69) is 10.3 Å². The van der Waals surface area contributed by atoms with Gasteiger partial charge in [-0.2, -0.15) is 0 Å². The number of H-pyrrole nitrogens is 1. The fraction of sp³-hybridized carbons (Fsp3) is 0.136. The Balaban J connectivity index is 1.34. The number of thioether (sulfide) groups is 1. The van der Waals surface area contributed by atoms with E-state index in [-0.39, 0.29) is 35.9 Å². The van der Waals surface area contributed by atoms with Crippen LogP contribution >= 0.6 is 11.8 Å². The van der Waals surface area contributed by atoms with Crippen LogP contribution in [0.1, 0.15) is 11.1 Å². The molecule has 1 aliphatic heterocycles. The maximum absolute atomic E-state index is 13.8. The number of benzene rings is 2. The van der Waals surface area contributed by atoms with Gasteiger partial charge in [-0.1, -0.05) is 18.2 Å². The number of rotatable bonds is 6. The monoisotopic (exact) mass is 441 g/mol. The Labute approximate surface area is 180 Å². The molecule has 0 atom stereocenters. The third-order valence-corrected chi connectivity index (χ3v) is 5.71. The molecule has 1 saturated heterocycles. The van der Waals surface area contributed by atoms with Crippen molar-refractivity contribution in [2.75, 3.05) is 13.1 Å². The summed E-state index contributed by atoms with van der Waals surface area (Å²) >= 11 is 0.730. The number of carbonyl (C=O) groups is 3. The normalized spacial score (nSPS) is 15.3. The second kappa shape index (κ2) is 8.73.